The molecule has 0 amide bonds. The predicted molar refractivity (Wildman–Crippen MR) is 85.3 cm³/mol. The SMILES string of the molecule is C=CCOc1ccc(OCC(F)(F)CC2CCC(C)CO2)cc1F. The van der Waals surface area contributed by atoms with Gasteiger partial charge in [0, 0.05) is 19.1 Å². The van der Waals surface area contributed by atoms with Crippen LogP contribution < -0.4 is 9.47 Å². The van der Waals surface area contributed by atoms with Gasteiger partial charge in [0.05, 0.1) is 6.10 Å². The molecule has 24 heavy (non-hydrogen) atoms. The van der Waals surface area contributed by atoms with E-state index >= 15 is 0 Å². The van der Waals surface area contributed by atoms with E-state index in [1.165, 1.54) is 18.2 Å². The van der Waals surface area contributed by atoms with Crippen molar-refractivity contribution >= 4 is 0 Å². The van der Waals surface area contributed by atoms with Crippen LogP contribution in [0.1, 0.15) is 26.2 Å². The van der Waals surface area contributed by atoms with Crippen molar-refractivity contribution in [2.45, 2.75) is 38.2 Å². The van der Waals surface area contributed by atoms with Crippen LogP contribution >= 0.6 is 0 Å². The zero-order valence-electron chi connectivity index (χ0n) is 13.8. The molecule has 1 aromatic carbocycles. The highest BCUT2D eigenvalue weighted by Gasteiger charge is 2.35. The second kappa shape index (κ2) is 8.42. The fourth-order valence-corrected chi connectivity index (χ4v) is 2.52. The van der Waals surface area contributed by atoms with E-state index in [9.17, 15) is 13.2 Å². The first-order valence-corrected chi connectivity index (χ1v) is 8.05. The van der Waals surface area contributed by atoms with Gasteiger partial charge in [0.25, 0.3) is 5.92 Å². The highest BCUT2D eigenvalue weighted by atomic mass is 19.3. The van der Waals surface area contributed by atoms with Gasteiger partial charge in [-0.05, 0) is 30.9 Å². The highest BCUT2D eigenvalue weighted by Crippen LogP contribution is 2.30. The summed E-state index contributed by atoms with van der Waals surface area (Å²) in [7, 11) is 0. The lowest BCUT2D eigenvalue weighted by Crippen LogP contribution is -2.35. The molecule has 0 bridgehead atoms. The first-order chi connectivity index (χ1) is 11.4. The Labute approximate surface area is 140 Å². The fraction of sp³-hybridized carbons (Fsp3) is 0.556. The van der Waals surface area contributed by atoms with Gasteiger partial charge in [0.2, 0.25) is 0 Å². The van der Waals surface area contributed by atoms with Crippen molar-refractivity contribution in [3.63, 3.8) is 0 Å². The van der Waals surface area contributed by atoms with Crippen LogP contribution in [0.15, 0.2) is 30.9 Å². The molecular weight excluding hydrogens is 321 g/mol. The van der Waals surface area contributed by atoms with Crippen LogP contribution in [0.25, 0.3) is 0 Å². The summed E-state index contributed by atoms with van der Waals surface area (Å²) in [5.74, 6) is -3.21. The molecule has 1 aromatic rings. The molecule has 3 nitrogen and oxygen atoms in total. The molecule has 1 heterocycles. The van der Waals surface area contributed by atoms with Gasteiger partial charge in [-0.25, -0.2) is 13.2 Å². The summed E-state index contributed by atoms with van der Waals surface area (Å²) in [5.41, 5.74) is 0. The Hall–Kier alpha value is -1.69. The summed E-state index contributed by atoms with van der Waals surface area (Å²) in [6.45, 7) is 5.37. The van der Waals surface area contributed by atoms with Crippen LogP contribution in [0.4, 0.5) is 13.2 Å². The molecule has 2 atom stereocenters. The summed E-state index contributed by atoms with van der Waals surface area (Å²) >= 11 is 0. The molecule has 134 valence electrons. The molecule has 1 saturated heterocycles. The number of halogens is 3. The summed E-state index contributed by atoms with van der Waals surface area (Å²) in [6, 6.07) is 3.78. The minimum Gasteiger partial charge on any atom is -0.487 e. The molecule has 1 aliphatic heterocycles. The Bertz CT molecular complexity index is 540. The van der Waals surface area contributed by atoms with Crippen molar-refractivity contribution in [2.75, 3.05) is 19.8 Å². The smallest absolute Gasteiger partial charge is 0.283 e. The quantitative estimate of drug-likeness (QED) is 0.645. The van der Waals surface area contributed by atoms with Crippen molar-refractivity contribution in [3.8, 4) is 11.5 Å². The van der Waals surface area contributed by atoms with Crippen LogP contribution in [-0.4, -0.2) is 31.8 Å². The van der Waals surface area contributed by atoms with Crippen LogP contribution in [0.2, 0.25) is 0 Å². The Kier molecular flexibility index (Phi) is 6.54. The second-order valence-electron chi connectivity index (χ2n) is 6.18. The van der Waals surface area contributed by atoms with Crippen LogP contribution in [0.5, 0.6) is 11.5 Å². The number of benzene rings is 1. The lowest BCUT2D eigenvalue weighted by molar-refractivity contribution is -0.106. The predicted octanol–water partition coefficient (Wildman–Crippen LogP) is 4.61. The van der Waals surface area contributed by atoms with E-state index in [-0.39, 0.29) is 24.5 Å². The van der Waals surface area contributed by atoms with Crippen molar-refractivity contribution < 1.29 is 27.4 Å². The molecule has 0 N–H and O–H groups in total. The van der Waals surface area contributed by atoms with Crippen molar-refractivity contribution in [3.05, 3.63) is 36.7 Å². The first kappa shape index (κ1) is 18.6. The monoisotopic (exact) mass is 344 g/mol. The van der Waals surface area contributed by atoms with E-state index in [4.69, 9.17) is 14.2 Å². The maximum Gasteiger partial charge on any atom is 0.283 e. The lowest BCUT2D eigenvalue weighted by Gasteiger charge is -2.29. The summed E-state index contributed by atoms with van der Waals surface area (Å²) in [4.78, 5) is 0. The average molecular weight is 344 g/mol. The van der Waals surface area contributed by atoms with Crippen LogP contribution in [0, 0.1) is 11.7 Å². The number of hydrogen-bond donors (Lipinski definition) is 0. The molecule has 0 aliphatic carbocycles. The van der Waals surface area contributed by atoms with Crippen LogP contribution in [0.3, 0.4) is 0 Å². The topological polar surface area (TPSA) is 27.7 Å². The number of rotatable bonds is 8. The minimum atomic E-state index is -3.03. The molecule has 0 aromatic heterocycles. The number of ether oxygens (including phenoxy) is 3. The molecule has 0 spiro atoms. The number of alkyl halides is 2. The lowest BCUT2D eigenvalue weighted by atomic mass is 9.97. The van der Waals surface area contributed by atoms with Crippen molar-refractivity contribution in [1.29, 1.82) is 0 Å². The van der Waals surface area contributed by atoms with Gasteiger partial charge >= 0.3 is 0 Å². The largest absolute Gasteiger partial charge is 0.487 e. The van der Waals surface area contributed by atoms with Gasteiger partial charge < -0.3 is 14.2 Å². The third kappa shape index (κ3) is 5.74. The third-order valence-corrected chi connectivity index (χ3v) is 3.83. The van der Waals surface area contributed by atoms with Crippen molar-refractivity contribution in [2.24, 2.45) is 5.92 Å². The molecule has 1 aliphatic rings. The minimum absolute atomic E-state index is 0.0266. The van der Waals surface area contributed by atoms with E-state index in [0.29, 0.717) is 18.9 Å². The van der Waals surface area contributed by atoms with E-state index in [2.05, 4.69) is 6.58 Å². The highest BCUT2D eigenvalue weighted by molar-refractivity contribution is 5.33. The zero-order chi connectivity index (χ0) is 17.6. The Morgan fingerprint density at radius 3 is 2.75 bits per heavy atom. The van der Waals surface area contributed by atoms with Gasteiger partial charge in [-0.3, -0.25) is 0 Å². The maximum absolute atomic E-state index is 14.0. The average Bonchev–Trinajstić information content (AvgIpc) is 2.54. The maximum atomic E-state index is 14.0. The molecule has 2 unspecified atom stereocenters. The Balaban J connectivity index is 1.84. The standard InChI is InChI=1S/C18H23F3O3/c1-3-8-22-17-7-6-14(9-16(17)19)24-12-18(20,21)10-15-5-4-13(2)11-23-15/h3,6-7,9,13,15H,1,4-5,8,10-12H2,2H3. The first-order valence-electron chi connectivity index (χ1n) is 8.05. The summed E-state index contributed by atoms with van der Waals surface area (Å²) < 4.78 is 57.3. The van der Waals surface area contributed by atoms with Gasteiger partial charge in [-0.2, -0.15) is 0 Å². The fourth-order valence-electron chi connectivity index (χ4n) is 2.52. The van der Waals surface area contributed by atoms with Crippen molar-refractivity contribution in [1.82, 2.24) is 0 Å². The second-order valence-corrected chi connectivity index (χ2v) is 6.18. The summed E-state index contributed by atoms with van der Waals surface area (Å²) in [6.07, 6.45) is 2.16. The normalized spacial score (nSPS) is 21.3. The van der Waals surface area contributed by atoms with E-state index in [0.717, 1.165) is 12.5 Å². The van der Waals surface area contributed by atoms with Gasteiger partial charge in [0.1, 0.15) is 12.4 Å². The third-order valence-electron chi connectivity index (χ3n) is 3.83. The molecule has 0 saturated carbocycles. The van der Waals surface area contributed by atoms with E-state index in [1.54, 1.807) is 0 Å². The summed E-state index contributed by atoms with van der Waals surface area (Å²) in [5, 5.41) is 0. The Morgan fingerprint density at radius 2 is 2.12 bits per heavy atom. The van der Waals surface area contributed by atoms with Gasteiger partial charge in [-0.1, -0.05) is 19.6 Å². The Morgan fingerprint density at radius 1 is 1.33 bits per heavy atom. The van der Waals surface area contributed by atoms with Crippen LogP contribution in [-0.2, 0) is 4.74 Å². The molecular formula is C18H23F3O3. The zero-order valence-corrected chi connectivity index (χ0v) is 13.8. The molecule has 0 radical (unpaired) electrons. The van der Waals surface area contributed by atoms with Gasteiger partial charge in [-0.15, -0.1) is 0 Å². The van der Waals surface area contributed by atoms with Gasteiger partial charge in [0.15, 0.2) is 18.2 Å². The molecule has 2 rings (SSSR count). The number of hydrogen-bond acceptors (Lipinski definition) is 3. The van der Waals surface area contributed by atoms with E-state index < -0.39 is 24.5 Å². The van der Waals surface area contributed by atoms with E-state index in [1.807, 2.05) is 6.92 Å². The molecule has 1 fully saturated rings. The molecule has 6 heteroatoms.